The van der Waals surface area contributed by atoms with E-state index < -0.39 is 5.54 Å². The number of hydrogen-bond acceptors (Lipinski definition) is 4. The summed E-state index contributed by atoms with van der Waals surface area (Å²) in [6.07, 6.45) is 1.87. The molecule has 5 heteroatoms. The van der Waals surface area contributed by atoms with E-state index in [1.54, 1.807) is 4.68 Å². The third-order valence-corrected chi connectivity index (χ3v) is 3.45. The first-order valence-corrected chi connectivity index (χ1v) is 7.01. The first-order valence-electron chi connectivity index (χ1n) is 7.01. The van der Waals surface area contributed by atoms with E-state index in [9.17, 15) is 4.79 Å². The van der Waals surface area contributed by atoms with E-state index >= 15 is 0 Å². The second-order valence-electron chi connectivity index (χ2n) is 4.95. The number of nitrogens with zero attached hydrogens (tertiary/aromatic N) is 2. The lowest BCUT2D eigenvalue weighted by atomic mass is 9.89. The summed E-state index contributed by atoms with van der Waals surface area (Å²) in [7, 11) is 1.41. The first-order chi connectivity index (χ1) is 10.1. The van der Waals surface area contributed by atoms with Crippen LogP contribution in [0.2, 0.25) is 0 Å². The summed E-state index contributed by atoms with van der Waals surface area (Å²) < 4.78 is 6.82. The number of hydrogen-bond donors (Lipinski definition) is 1. The highest BCUT2D eigenvalue weighted by molar-refractivity contribution is 5.82. The molecule has 2 rings (SSSR count). The minimum atomic E-state index is -0.941. The van der Waals surface area contributed by atoms with E-state index in [4.69, 9.17) is 4.74 Å². The molecule has 0 radical (unpaired) electrons. The smallest absolute Gasteiger partial charge is 0.332 e. The molecule has 2 aromatic rings. The van der Waals surface area contributed by atoms with Gasteiger partial charge in [0, 0.05) is 6.20 Å². The number of carbonyl (C=O) groups excluding carboxylic acids is 1. The van der Waals surface area contributed by atoms with Crippen molar-refractivity contribution < 1.29 is 9.53 Å². The number of rotatable bonds is 6. The third kappa shape index (κ3) is 3.13. The van der Waals surface area contributed by atoms with Gasteiger partial charge in [0.15, 0.2) is 5.54 Å². The van der Waals surface area contributed by atoms with Gasteiger partial charge < -0.3 is 4.74 Å². The van der Waals surface area contributed by atoms with E-state index in [1.165, 1.54) is 7.11 Å². The zero-order valence-corrected chi connectivity index (χ0v) is 12.7. The van der Waals surface area contributed by atoms with Gasteiger partial charge in [0.1, 0.15) is 0 Å². The lowest BCUT2D eigenvalue weighted by molar-refractivity contribution is -0.150. The Labute approximate surface area is 124 Å². The minimum absolute atomic E-state index is 0.316. The number of aryl methyl sites for hydroxylation is 1. The minimum Gasteiger partial charge on any atom is -0.467 e. The van der Waals surface area contributed by atoms with Crippen molar-refractivity contribution in [3.8, 4) is 0 Å². The lowest BCUT2D eigenvalue weighted by Crippen LogP contribution is -2.53. The molecule has 0 saturated carbocycles. The summed E-state index contributed by atoms with van der Waals surface area (Å²) in [6.45, 7) is 4.91. The molecular weight excluding hydrogens is 266 g/mol. The Bertz CT molecular complexity index is 595. The van der Waals surface area contributed by atoms with Crippen molar-refractivity contribution >= 4 is 5.97 Å². The predicted molar refractivity (Wildman–Crippen MR) is 80.8 cm³/mol. The van der Waals surface area contributed by atoms with Crippen molar-refractivity contribution in [3.05, 3.63) is 53.9 Å². The molecule has 1 heterocycles. The summed E-state index contributed by atoms with van der Waals surface area (Å²) >= 11 is 0. The molecular formula is C16H21N3O2. The number of nitrogens with one attached hydrogen (secondary N) is 1. The molecule has 0 saturated heterocycles. The number of aromatic nitrogens is 2. The van der Waals surface area contributed by atoms with Crippen LogP contribution in [-0.2, 0) is 21.6 Å². The fraction of sp³-hybridized carbons (Fsp3) is 0.375. The highest BCUT2D eigenvalue weighted by Crippen LogP contribution is 2.25. The summed E-state index contributed by atoms with van der Waals surface area (Å²) in [5, 5.41) is 7.67. The normalized spacial score (nSPS) is 13.7. The Morgan fingerprint density at radius 3 is 2.57 bits per heavy atom. The van der Waals surface area contributed by atoms with Crippen LogP contribution >= 0.6 is 0 Å². The highest BCUT2D eigenvalue weighted by atomic mass is 16.5. The predicted octanol–water partition coefficient (Wildman–Crippen LogP) is 1.87. The van der Waals surface area contributed by atoms with Gasteiger partial charge in [-0.3, -0.25) is 10.00 Å². The fourth-order valence-corrected chi connectivity index (χ4v) is 2.50. The van der Waals surface area contributed by atoms with Crippen LogP contribution in [0.3, 0.4) is 0 Å². The molecule has 0 spiro atoms. The van der Waals surface area contributed by atoms with E-state index in [1.807, 2.05) is 56.4 Å². The van der Waals surface area contributed by atoms with Crippen LogP contribution in [0, 0.1) is 6.92 Å². The second-order valence-corrected chi connectivity index (χ2v) is 4.95. The summed E-state index contributed by atoms with van der Waals surface area (Å²) in [6, 6.07) is 11.5. The number of methoxy groups -OCH3 is 1. The van der Waals surface area contributed by atoms with Crippen molar-refractivity contribution in [2.24, 2.45) is 0 Å². The van der Waals surface area contributed by atoms with E-state index in [0.29, 0.717) is 13.1 Å². The van der Waals surface area contributed by atoms with E-state index in [2.05, 4.69) is 10.4 Å². The van der Waals surface area contributed by atoms with Crippen LogP contribution in [0.15, 0.2) is 42.6 Å². The first kappa shape index (κ1) is 15.3. The zero-order valence-electron chi connectivity index (χ0n) is 12.7. The van der Waals surface area contributed by atoms with E-state index in [-0.39, 0.29) is 5.97 Å². The number of carbonyl (C=O) groups is 1. The maximum Gasteiger partial charge on any atom is 0.332 e. The molecule has 5 nitrogen and oxygen atoms in total. The van der Waals surface area contributed by atoms with Crippen molar-refractivity contribution in [2.75, 3.05) is 13.7 Å². The molecule has 1 unspecified atom stereocenters. The van der Waals surface area contributed by atoms with Gasteiger partial charge in [0.2, 0.25) is 0 Å². The molecule has 0 aliphatic rings. The lowest BCUT2D eigenvalue weighted by Gasteiger charge is -2.32. The topological polar surface area (TPSA) is 56.2 Å². The molecule has 112 valence electrons. The van der Waals surface area contributed by atoms with Gasteiger partial charge in [-0.1, -0.05) is 37.3 Å². The molecule has 1 aromatic carbocycles. The Kier molecular flexibility index (Phi) is 4.75. The molecule has 21 heavy (non-hydrogen) atoms. The van der Waals surface area contributed by atoms with Gasteiger partial charge >= 0.3 is 5.97 Å². The van der Waals surface area contributed by atoms with Crippen molar-refractivity contribution in [3.63, 3.8) is 0 Å². The maximum atomic E-state index is 12.5. The number of benzene rings is 1. The van der Waals surface area contributed by atoms with Gasteiger partial charge in [-0.15, -0.1) is 0 Å². The van der Waals surface area contributed by atoms with Crippen LogP contribution < -0.4 is 5.32 Å². The third-order valence-electron chi connectivity index (χ3n) is 3.45. The Morgan fingerprint density at radius 2 is 2.05 bits per heavy atom. The van der Waals surface area contributed by atoms with Gasteiger partial charge in [0.05, 0.1) is 19.3 Å². The standard InChI is InChI=1S/C16H21N3O2/c1-4-17-16(15(20)21-3,14-8-6-5-7-9-14)12-19-11-10-13(2)18-19/h5-11,17H,4,12H2,1-3H3. The highest BCUT2D eigenvalue weighted by Gasteiger charge is 2.41. The van der Waals surface area contributed by atoms with Gasteiger partial charge in [-0.25, -0.2) is 4.79 Å². The molecule has 1 aromatic heterocycles. The summed E-state index contributed by atoms with van der Waals surface area (Å²) in [5.41, 5.74) is 0.841. The summed E-state index contributed by atoms with van der Waals surface area (Å²) in [5.74, 6) is -0.316. The Balaban J connectivity index is 2.47. The number of ether oxygens (including phenoxy) is 1. The van der Waals surface area contributed by atoms with Gasteiger partial charge in [0.25, 0.3) is 0 Å². The molecule has 0 bridgehead atoms. The molecule has 0 aliphatic carbocycles. The zero-order chi connectivity index (χ0) is 15.3. The van der Waals surface area contributed by atoms with Gasteiger partial charge in [-0.05, 0) is 25.1 Å². The van der Waals surface area contributed by atoms with Crippen LogP contribution in [0.4, 0.5) is 0 Å². The molecule has 1 N–H and O–H groups in total. The average molecular weight is 287 g/mol. The monoisotopic (exact) mass is 287 g/mol. The Morgan fingerprint density at radius 1 is 1.33 bits per heavy atom. The average Bonchev–Trinajstić information content (AvgIpc) is 2.91. The van der Waals surface area contributed by atoms with E-state index in [0.717, 1.165) is 11.3 Å². The Hall–Kier alpha value is -2.14. The quantitative estimate of drug-likeness (QED) is 0.824. The van der Waals surface area contributed by atoms with Gasteiger partial charge in [-0.2, -0.15) is 5.10 Å². The largest absolute Gasteiger partial charge is 0.467 e. The van der Waals surface area contributed by atoms with Crippen molar-refractivity contribution in [2.45, 2.75) is 25.9 Å². The fourth-order valence-electron chi connectivity index (χ4n) is 2.50. The molecule has 0 amide bonds. The van der Waals surface area contributed by atoms with Crippen LogP contribution in [0.1, 0.15) is 18.2 Å². The summed E-state index contributed by atoms with van der Waals surface area (Å²) in [4.78, 5) is 12.5. The molecule has 0 aliphatic heterocycles. The second kappa shape index (κ2) is 6.54. The SMILES string of the molecule is CCNC(Cn1ccc(C)n1)(C(=O)OC)c1ccccc1. The van der Waals surface area contributed by atoms with Crippen LogP contribution in [0.5, 0.6) is 0 Å². The maximum absolute atomic E-state index is 12.5. The number of likely N-dealkylation sites (N-methyl/N-ethyl adjacent to an activating group) is 1. The van der Waals surface area contributed by atoms with Crippen molar-refractivity contribution in [1.82, 2.24) is 15.1 Å². The van der Waals surface area contributed by atoms with Crippen molar-refractivity contribution in [1.29, 1.82) is 0 Å². The van der Waals surface area contributed by atoms with Crippen LogP contribution in [-0.4, -0.2) is 29.4 Å². The number of esters is 1. The molecule has 0 fully saturated rings. The van der Waals surface area contributed by atoms with Crippen LogP contribution in [0.25, 0.3) is 0 Å². The molecule has 1 atom stereocenters.